The summed E-state index contributed by atoms with van der Waals surface area (Å²) in [6.07, 6.45) is 1.34. The molecule has 1 aliphatic rings. The Labute approximate surface area is 50.7 Å². The molecule has 0 bridgehead atoms. The van der Waals surface area contributed by atoms with Gasteiger partial charge in [0.25, 0.3) is 0 Å². The number of nitrogens with two attached hydrogens (primary N) is 1. The summed E-state index contributed by atoms with van der Waals surface area (Å²) in [5.74, 6) is 0.892. The standard InChI is InChI=1S/C6H14N2/c1-5-3-6(5)8(2)4-7/h5-6H,3-4,7H2,1-2H3/t5-,6?/m0/s1. The van der Waals surface area contributed by atoms with E-state index in [1.54, 1.807) is 0 Å². The first kappa shape index (κ1) is 6.05. The van der Waals surface area contributed by atoms with Crippen LogP contribution in [0.3, 0.4) is 0 Å². The highest BCUT2D eigenvalue weighted by molar-refractivity contribution is 4.89. The Bertz CT molecular complexity index is 80.6. The summed E-state index contributed by atoms with van der Waals surface area (Å²) in [6, 6.07) is 0.792. The fraction of sp³-hybridized carbons (Fsp3) is 1.00. The van der Waals surface area contributed by atoms with Crippen molar-refractivity contribution in [1.82, 2.24) is 4.90 Å². The molecule has 1 saturated carbocycles. The smallest absolute Gasteiger partial charge is 0.0455 e. The minimum absolute atomic E-state index is 0.703. The maximum absolute atomic E-state index is 5.40. The summed E-state index contributed by atoms with van der Waals surface area (Å²) < 4.78 is 0. The molecule has 1 aliphatic carbocycles. The van der Waals surface area contributed by atoms with Crippen molar-refractivity contribution in [1.29, 1.82) is 0 Å². The molecular weight excluding hydrogens is 100 g/mol. The van der Waals surface area contributed by atoms with Crippen molar-refractivity contribution in [2.75, 3.05) is 13.7 Å². The van der Waals surface area contributed by atoms with E-state index in [0.29, 0.717) is 6.67 Å². The van der Waals surface area contributed by atoms with Crippen LogP contribution in [0.1, 0.15) is 13.3 Å². The van der Waals surface area contributed by atoms with E-state index in [-0.39, 0.29) is 0 Å². The van der Waals surface area contributed by atoms with Crippen molar-refractivity contribution in [3.05, 3.63) is 0 Å². The minimum atomic E-state index is 0.703. The van der Waals surface area contributed by atoms with Gasteiger partial charge in [-0.2, -0.15) is 0 Å². The van der Waals surface area contributed by atoms with Gasteiger partial charge in [0, 0.05) is 12.7 Å². The third-order valence-corrected chi connectivity index (χ3v) is 1.92. The average Bonchev–Trinajstić information content (AvgIpc) is 2.45. The quantitative estimate of drug-likeness (QED) is 0.521. The van der Waals surface area contributed by atoms with Crippen molar-refractivity contribution in [2.45, 2.75) is 19.4 Å². The molecule has 1 fully saturated rings. The Morgan fingerprint density at radius 1 is 1.75 bits per heavy atom. The first-order valence-corrected chi connectivity index (χ1v) is 3.16. The molecule has 8 heavy (non-hydrogen) atoms. The van der Waals surface area contributed by atoms with Crippen LogP contribution >= 0.6 is 0 Å². The molecule has 2 atom stereocenters. The van der Waals surface area contributed by atoms with E-state index < -0.39 is 0 Å². The van der Waals surface area contributed by atoms with Gasteiger partial charge in [0.2, 0.25) is 0 Å². The van der Waals surface area contributed by atoms with Gasteiger partial charge in [-0.05, 0) is 19.4 Å². The molecule has 0 aliphatic heterocycles. The molecule has 0 heterocycles. The van der Waals surface area contributed by atoms with Crippen LogP contribution in [-0.4, -0.2) is 24.7 Å². The fourth-order valence-electron chi connectivity index (χ4n) is 1.05. The summed E-state index contributed by atoms with van der Waals surface area (Å²) in [5, 5.41) is 0. The molecule has 48 valence electrons. The Morgan fingerprint density at radius 3 is 2.38 bits per heavy atom. The molecule has 1 unspecified atom stereocenters. The number of nitrogens with zero attached hydrogens (tertiary/aromatic N) is 1. The normalized spacial score (nSPS) is 36.0. The highest BCUT2D eigenvalue weighted by Crippen LogP contribution is 2.33. The van der Waals surface area contributed by atoms with Gasteiger partial charge >= 0.3 is 0 Å². The number of hydrogen-bond acceptors (Lipinski definition) is 2. The van der Waals surface area contributed by atoms with Gasteiger partial charge in [-0.25, -0.2) is 0 Å². The lowest BCUT2D eigenvalue weighted by Crippen LogP contribution is -2.28. The van der Waals surface area contributed by atoms with Gasteiger partial charge in [0.15, 0.2) is 0 Å². The van der Waals surface area contributed by atoms with E-state index in [2.05, 4.69) is 18.9 Å². The van der Waals surface area contributed by atoms with E-state index in [1.807, 2.05) is 0 Å². The Morgan fingerprint density at radius 2 is 2.25 bits per heavy atom. The van der Waals surface area contributed by atoms with Crippen molar-refractivity contribution >= 4 is 0 Å². The van der Waals surface area contributed by atoms with Gasteiger partial charge in [0.05, 0.1) is 0 Å². The lowest BCUT2D eigenvalue weighted by molar-refractivity contribution is 0.321. The molecule has 0 radical (unpaired) electrons. The van der Waals surface area contributed by atoms with Crippen molar-refractivity contribution < 1.29 is 0 Å². The van der Waals surface area contributed by atoms with Crippen LogP contribution in [0.2, 0.25) is 0 Å². The average molecular weight is 114 g/mol. The highest BCUT2D eigenvalue weighted by atomic mass is 15.2. The summed E-state index contributed by atoms with van der Waals surface area (Å²) in [4.78, 5) is 2.20. The zero-order chi connectivity index (χ0) is 6.15. The van der Waals surface area contributed by atoms with Gasteiger partial charge in [-0.3, -0.25) is 4.90 Å². The predicted molar refractivity (Wildman–Crippen MR) is 34.4 cm³/mol. The molecule has 2 nitrogen and oxygen atoms in total. The summed E-state index contributed by atoms with van der Waals surface area (Å²) >= 11 is 0. The lowest BCUT2D eigenvalue weighted by atomic mass is 10.4. The maximum atomic E-state index is 5.40. The van der Waals surface area contributed by atoms with E-state index >= 15 is 0 Å². The maximum Gasteiger partial charge on any atom is 0.0455 e. The summed E-state index contributed by atoms with van der Waals surface area (Å²) in [5.41, 5.74) is 5.40. The fourth-order valence-corrected chi connectivity index (χ4v) is 1.05. The second-order valence-corrected chi connectivity index (χ2v) is 2.72. The second kappa shape index (κ2) is 2.03. The monoisotopic (exact) mass is 114 g/mol. The van der Waals surface area contributed by atoms with Crippen LogP contribution in [0.15, 0.2) is 0 Å². The van der Waals surface area contributed by atoms with Gasteiger partial charge in [0.1, 0.15) is 0 Å². The molecular formula is C6H14N2. The molecule has 0 aromatic carbocycles. The highest BCUT2D eigenvalue weighted by Gasteiger charge is 2.35. The zero-order valence-corrected chi connectivity index (χ0v) is 5.59. The molecule has 1 rings (SSSR count). The summed E-state index contributed by atoms with van der Waals surface area (Å²) in [7, 11) is 2.08. The van der Waals surface area contributed by atoms with Gasteiger partial charge in [-0.1, -0.05) is 6.92 Å². The minimum Gasteiger partial charge on any atom is -0.318 e. The van der Waals surface area contributed by atoms with Crippen molar-refractivity contribution in [2.24, 2.45) is 11.7 Å². The lowest BCUT2D eigenvalue weighted by Gasteiger charge is -2.11. The molecule has 0 aromatic rings. The van der Waals surface area contributed by atoms with Crippen LogP contribution in [0.25, 0.3) is 0 Å². The molecule has 0 saturated heterocycles. The largest absolute Gasteiger partial charge is 0.318 e. The van der Waals surface area contributed by atoms with E-state index in [4.69, 9.17) is 5.73 Å². The van der Waals surface area contributed by atoms with Crippen LogP contribution in [0, 0.1) is 5.92 Å². The number of rotatable bonds is 2. The van der Waals surface area contributed by atoms with Crippen LogP contribution in [-0.2, 0) is 0 Å². The van der Waals surface area contributed by atoms with Crippen LogP contribution in [0.5, 0.6) is 0 Å². The molecule has 0 amide bonds. The first-order valence-electron chi connectivity index (χ1n) is 3.16. The molecule has 2 N–H and O–H groups in total. The third kappa shape index (κ3) is 1.01. The van der Waals surface area contributed by atoms with E-state index in [9.17, 15) is 0 Å². The van der Waals surface area contributed by atoms with Crippen LogP contribution in [0.4, 0.5) is 0 Å². The van der Waals surface area contributed by atoms with E-state index in [1.165, 1.54) is 6.42 Å². The predicted octanol–water partition coefficient (Wildman–Crippen LogP) is 0.243. The first-order chi connectivity index (χ1) is 3.75. The van der Waals surface area contributed by atoms with Gasteiger partial charge in [-0.15, -0.1) is 0 Å². The SMILES string of the molecule is C[C@H]1CC1N(C)CN. The Balaban J connectivity index is 2.18. The Hall–Kier alpha value is -0.0800. The molecule has 0 aromatic heterocycles. The van der Waals surface area contributed by atoms with E-state index in [0.717, 1.165) is 12.0 Å². The van der Waals surface area contributed by atoms with Crippen LogP contribution < -0.4 is 5.73 Å². The Kier molecular flexibility index (Phi) is 1.54. The van der Waals surface area contributed by atoms with Gasteiger partial charge < -0.3 is 5.73 Å². The van der Waals surface area contributed by atoms with Crippen molar-refractivity contribution in [3.63, 3.8) is 0 Å². The molecule has 2 heteroatoms. The second-order valence-electron chi connectivity index (χ2n) is 2.72. The number of hydrogen-bond donors (Lipinski definition) is 1. The molecule has 0 spiro atoms. The summed E-state index contributed by atoms with van der Waals surface area (Å²) in [6.45, 7) is 2.96. The van der Waals surface area contributed by atoms with Crippen molar-refractivity contribution in [3.8, 4) is 0 Å². The topological polar surface area (TPSA) is 29.3 Å². The third-order valence-electron chi connectivity index (χ3n) is 1.92. The zero-order valence-electron chi connectivity index (χ0n) is 5.59.